The van der Waals surface area contributed by atoms with Crippen LogP contribution in [0, 0.1) is 6.92 Å². The van der Waals surface area contributed by atoms with Gasteiger partial charge in [-0.05, 0) is 44.7 Å². The quantitative estimate of drug-likeness (QED) is 0.390. The van der Waals surface area contributed by atoms with E-state index in [1.165, 1.54) is 29.2 Å². The number of rotatable bonds is 8. The number of aryl methyl sites for hydroxylation is 1. The van der Waals surface area contributed by atoms with Gasteiger partial charge in [0.15, 0.2) is 0 Å². The lowest BCUT2D eigenvalue weighted by Gasteiger charge is -2.28. The first-order valence-electron chi connectivity index (χ1n) is 11.7. The van der Waals surface area contributed by atoms with Crippen LogP contribution in [0.5, 0.6) is 5.75 Å². The predicted molar refractivity (Wildman–Crippen MR) is 126 cm³/mol. The molecule has 5 N–H and O–H groups in total. The summed E-state index contributed by atoms with van der Waals surface area (Å²) in [5, 5.41) is 4.66. The van der Waals surface area contributed by atoms with Crippen molar-refractivity contribution >= 4 is 11.8 Å². The van der Waals surface area contributed by atoms with Crippen LogP contribution in [-0.2, 0) is 9.47 Å². The van der Waals surface area contributed by atoms with Crippen LogP contribution in [0.2, 0.25) is 0 Å². The monoisotopic (exact) mass is 462 g/mol. The first-order chi connectivity index (χ1) is 15.8. The number of hydrogen-bond acceptors (Lipinski definition) is 9. The van der Waals surface area contributed by atoms with E-state index in [0.29, 0.717) is 36.8 Å². The summed E-state index contributed by atoms with van der Waals surface area (Å²) in [6, 6.07) is 3.79. The van der Waals surface area contributed by atoms with E-state index in [1.54, 1.807) is 14.1 Å². The van der Waals surface area contributed by atoms with Crippen molar-refractivity contribution in [3.05, 3.63) is 29.2 Å². The average molecular weight is 463 g/mol. The van der Waals surface area contributed by atoms with E-state index in [-0.39, 0.29) is 18.8 Å². The average Bonchev–Trinajstić information content (AvgIpc) is 2.81. The van der Waals surface area contributed by atoms with E-state index in [4.69, 9.17) is 25.8 Å². The molecule has 1 unspecified atom stereocenters. The summed E-state index contributed by atoms with van der Waals surface area (Å²) >= 11 is 0. The molecule has 1 aromatic rings. The van der Waals surface area contributed by atoms with Crippen molar-refractivity contribution in [2.24, 2.45) is 11.6 Å². The van der Waals surface area contributed by atoms with Gasteiger partial charge in [-0.15, -0.1) is 0 Å². The summed E-state index contributed by atoms with van der Waals surface area (Å²) in [5.41, 5.74) is 8.51. The molecule has 1 saturated heterocycles. The van der Waals surface area contributed by atoms with Gasteiger partial charge in [0.1, 0.15) is 12.4 Å². The smallest absolute Gasteiger partial charge is 0.409 e. The second-order valence-electron chi connectivity index (χ2n) is 8.79. The minimum absolute atomic E-state index is 0.0718. The summed E-state index contributed by atoms with van der Waals surface area (Å²) in [6.07, 6.45) is 5.62. The molecule has 1 atom stereocenters. The normalized spacial score (nSPS) is 20.1. The van der Waals surface area contributed by atoms with Crippen LogP contribution in [0.25, 0.3) is 5.70 Å². The Kier molecular flexibility index (Phi) is 9.16. The third-order valence-electron chi connectivity index (χ3n) is 6.03. The molecule has 33 heavy (non-hydrogen) atoms. The Morgan fingerprint density at radius 3 is 2.67 bits per heavy atom. The van der Waals surface area contributed by atoms with Crippen molar-refractivity contribution in [1.29, 1.82) is 0 Å². The number of aromatic nitrogens is 1. The van der Waals surface area contributed by atoms with Crippen LogP contribution in [0.1, 0.15) is 43.5 Å². The van der Waals surface area contributed by atoms with Crippen molar-refractivity contribution in [2.45, 2.75) is 51.2 Å². The number of carbonyl (C=O) groups excluding carboxylic acids is 1. The van der Waals surface area contributed by atoms with Gasteiger partial charge < -0.3 is 35.2 Å². The second-order valence-corrected chi connectivity index (χ2v) is 8.79. The first kappa shape index (κ1) is 25.1. The van der Waals surface area contributed by atoms with Crippen molar-refractivity contribution < 1.29 is 19.0 Å². The fraction of sp³-hybridized carbons (Fsp3) is 0.652. The Morgan fingerprint density at radius 1 is 1.27 bits per heavy atom. The maximum absolute atomic E-state index is 12.5. The maximum Gasteiger partial charge on any atom is 0.409 e. The molecule has 1 aromatic heterocycles. The number of hydrazine groups is 1. The summed E-state index contributed by atoms with van der Waals surface area (Å²) < 4.78 is 17.1. The highest BCUT2D eigenvalue weighted by molar-refractivity contribution is 5.68. The van der Waals surface area contributed by atoms with E-state index in [1.807, 2.05) is 19.1 Å². The zero-order valence-electron chi connectivity index (χ0n) is 20.0. The number of nitrogens with two attached hydrogens (primary N) is 2. The molecule has 0 spiro atoms. The third-order valence-corrected chi connectivity index (χ3v) is 6.03. The molecule has 3 rings (SSSR count). The lowest BCUT2D eigenvalue weighted by atomic mass is 9.98. The number of morpholine rings is 1. The van der Waals surface area contributed by atoms with Gasteiger partial charge in [0.2, 0.25) is 0 Å². The van der Waals surface area contributed by atoms with Crippen LogP contribution in [0.4, 0.5) is 4.79 Å². The SMILES string of the molecule is Cc1nc(/C(N)=C(\COC(=O)N(C)CC2COCCN2)N(C)N)ccc1OC1CCCCC1. The zero-order valence-corrected chi connectivity index (χ0v) is 20.0. The standard InChI is InChI=1S/C23H38N6O4/c1-16-21(33-18-7-5-4-6-8-18)10-9-19(27-16)22(24)20(29(3)25)15-32-23(30)28(2)13-17-14-31-12-11-26-17/h9-10,17-18,26H,4-8,11-15,24-25H2,1-3H3/b22-20-. The Morgan fingerprint density at radius 2 is 2.03 bits per heavy atom. The third kappa shape index (κ3) is 7.21. The van der Waals surface area contributed by atoms with E-state index < -0.39 is 6.09 Å². The number of ether oxygens (including phenoxy) is 3. The minimum atomic E-state index is -0.463. The van der Waals surface area contributed by atoms with Gasteiger partial charge in [-0.2, -0.15) is 0 Å². The number of amides is 1. The van der Waals surface area contributed by atoms with E-state index >= 15 is 0 Å². The van der Waals surface area contributed by atoms with Gasteiger partial charge in [0.05, 0.1) is 42.1 Å². The van der Waals surface area contributed by atoms with E-state index in [0.717, 1.165) is 30.8 Å². The summed E-state index contributed by atoms with van der Waals surface area (Å²) in [6.45, 7) is 4.33. The molecular formula is C23H38N6O4. The summed E-state index contributed by atoms with van der Waals surface area (Å²) in [5.74, 6) is 6.76. The lowest BCUT2D eigenvalue weighted by Crippen LogP contribution is -2.49. The highest BCUT2D eigenvalue weighted by Gasteiger charge is 2.21. The van der Waals surface area contributed by atoms with E-state index in [9.17, 15) is 4.79 Å². The summed E-state index contributed by atoms with van der Waals surface area (Å²) in [4.78, 5) is 18.6. The zero-order chi connectivity index (χ0) is 23.8. The molecule has 10 nitrogen and oxygen atoms in total. The van der Waals surface area contributed by atoms with Crippen LogP contribution in [-0.4, -0.2) is 80.1 Å². The van der Waals surface area contributed by atoms with Gasteiger partial charge in [-0.1, -0.05) is 6.42 Å². The minimum Gasteiger partial charge on any atom is -0.489 e. The Balaban J connectivity index is 1.62. The Bertz CT molecular complexity index is 819. The molecule has 0 bridgehead atoms. The topological polar surface area (TPSA) is 128 Å². The highest BCUT2D eigenvalue weighted by Crippen LogP contribution is 2.26. The number of likely N-dealkylation sites (N-methyl/N-ethyl adjacent to an activating group) is 2. The first-order valence-corrected chi connectivity index (χ1v) is 11.7. The van der Waals surface area contributed by atoms with Crippen LogP contribution < -0.4 is 21.6 Å². The van der Waals surface area contributed by atoms with Gasteiger partial charge in [-0.3, -0.25) is 0 Å². The van der Waals surface area contributed by atoms with Gasteiger partial charge in [-0.25, -0.2) is 15.6 Å². The molecular weight excluding hydrogens is 424 g/mol. The predicted octanol–water partition coefficient (Wildman–Crippen LogP) is 1.59. The molecule has 0 aromatic carbocycles. The number of nitrogens with one attached hydrogen (secondary N) is 1. The van der Waals surface area contributed by atoms with Crippen LogP contribution in [0.15, 0.2) is 17.8 Å². The number of hydrogen-bond donors (Lipinski definition) is 3. The van der Waals surface area contributed by atoms with Crippen LogP contribution in [0.3, 0.4) is 0 Å². The molecule has 1 saturated carbocycles. The highest BCUT2D eigenvalue weighted by atomic mass is 16.6. The van der Waals surface area contributed by atoms with Gasteiger partial charge in [0, 0.05) is 33.2 Å². The summed E-state index contributed by atoms with van der Waals surface area (Å²) in [7, 11) is 3.34. The van der Waals surface area contributed by atoms with Crippen molar-refractivity contribution in [3.8, 4) is 5.75 Å². The number of pyridine rings is 1. The lowest BCUT2D eigenvalue weighted by molar-refractivity contribution is 0.0595. The van der Waals surface area contributed by atoms with Crippen molar-refractivity contribution in [3.63, 3.8) is 0 Å². The molecule has 1 aliphatic carbocycles. The number of nitrogens with zero attached hydrogens (tertiary/aromatic N) is 3. The molecule has 1 amide bonds. The fourth-order valence-corrected chi connectivity index (χ4v) is 4.09. The van der Waals surface area contributed by atoms with Crippen LogP contribution >= 0.6 is 0 Å². The van der Waals surface area contributed by atoms with Gasteiger partial charge >= 0.3 is 6.09 Å². The van der Waals surface area contributed by atoms with Crippen molar-refractivity contribution in [2.75, 3.05) is 47.0 Å². The van der Waals surface area contributed by atoms with E-state index in [2.05, 4.69) is 10.3 Å². The Labute approximate surface area is 196 Å². The number of carbonyl (C=O) groups is 1. The van der Waals surface area contributed by atoms with Gasteiger partial charge in [0.25, 0.3) is 0 Å². The Hall–Kier alpha value is -2.56. The maximum atomic E-state index is 12.5. The second kappa shape index (κ2) is 12.1. The fourth-order valence-electron chi connectivity index (χ4n) is 4.09. The van der Waals surface area contributed by atoms with Crippen molar-refractivity contribution in [1.82, 2.24) is 20.2 Å². The molecule has 0 radical (unpaired) electrons. The largest absolute Gasteiger partial charge is 0.489 e. The molecule has 2 heterocycles. The molecule has 1 aliphatic heterocycles. The molecule has 2 fully saturated rings. The molecule has 184 valence electrons. The molecule has 10 heteroatoms. The molecule has 2 aliphatic rings.